The number of hydrogen-bond acceptors (Lipinski definition) is 4. The van der Waals surface area contributed by atoms with Crippen molar-refractivity contribution in [3.63, 3.8) is 0 Å². The third-order valence-electron chi connectivity index (χ3n) is 3.25. The molecule has 1 aromatic heterocycles. The zero-order valence-electron chi connectivity index (χ0n) is 12.2. The van der Waals surface area contributed by atoms with Crippen LogP contribution in [0.2, 0.25) is 10.0 Å². The molecule has 0 amide bonds. The van der Waals surface area contributed by atoms with Crippen LogP contribution in [-0.4, -0.2) is 27.4 Å². The van der Waals surface area contributed by atoms with Gasteiger partial charge in [0.25, 0.3) is 5.56 Å². The second-order valence-corrected chi connectivity index (χ2v) is 5.80. The molecule has 1 atom stereocenters. The fourth-order valence-corrected chi connectivity index (χ4v) is 2.19. The van der Waals surface area contributed by atoms with Crippen LogP contribution in [0.5, 0.6) is 5.75 Å². The number of hydrogen-bond donors (Lipinski definition) is 1. The number of aromatic nitrogens is 2. The molecule has 1 aromatic carbocycles. The van der Waals surface area contributed by atoms with Gasteiger partial charge in [0.05, 0.1) is 17.9 Å². The van der Waals surface area contributed by atoms with Crippen molar-refractivity contribution in [3.8, 4) is 5.75 Å². The number of aliphatic hydroxyl groups is 1. The van der Waals surface area contributed by atoms with E-state index in [0.29, 0.717) is 27.1 Å². The Morgan fingerprint density at radius 1 is 1.36 bits per heavy atom. The van der Waals surface area contributed by atoms with E-state index in [1.807, 2.05) is 0 Å². The third kappa shape index (κ3) is 4.00. The fraction of sp³-hybridized carbons (Fsp3) is 0.333. The van der Waals surface area contributed by atoms with Gasteiger partial charge in [0.1, 0.15) is 18.5 Å². The van der Waals surface area contributed by atoms with Crippen molar-refractivity contribution >= 4 is 23.2 Å². The average molecular weight is 343 g/mol. The predicted octanol–water partition coefficient (Wildman–Crippen LogP) is 2.61. The van der Waals surface area contributed by atoms with Crippen LogP contribution in [0.25, 0.3) is 0 Å². The van der Waals surface area contributed by atoms with Crippen molar-refractivity contribution in [2.75, 3.05) is 6.61 Å². The van der Waals surface area contributed by atoms with Crippen LogP contribution in [0.3, 0.4) is 0 Å². The van der Waals surface area contributed by atoms with Crippen LogP contribution in [0, 0.1) is 13.8 Å². The molecule has 0 bridgehead atoms. The number of aliphatic hydroxyl groups excluding tert-OH is 1. The van der Waals surface area contributed by atoms with E-state index in [1.165, 1.54) is 10.9 Å². The summed E-state index contributed by atoms with van der Waals surface area (Å²) in [6.45, 7) is 3.54. The first-order valence-electron chi connectivity index (χ1n) is 6.67. The van der Waals surface area contributed by atoms with Crippen molar-refractivity contribution in [1.82, 2.24) is 9.55 Å². The first kappa shape index (κ1) is 16.8. The molecule has 2 aromatic rings. The molecule has 2 rings (SSSR count). The van der Waals surface area contributed by atoms with Gasteiger partial charge in [0.2, 0.25) is 0 Å². The Kier molecular flexibility index (Phi) is 5.45. The minimum atomic E-state index is -0.878. The molecule has 7 heteroatoms. The number of rotatable bonds is 5. The summed E-state index contributed by atoms with van der Waals surface area (Å²) in [6, 6.07) is 4.83. The second kappa shape index (κ2) is 7.13. The molecule has 0 spiro atoms. The van der Waals surface area contributed by atoms with Crippen LogP contribution in [0.4, 0.5) is 0 Å². The zero-order valence-corrected chi connectivity index (χ0v) is 13.7. The molecule has 0 aliphatic rings. The maximum atomic E-state index is 12.0. The lowest BCUT2D eigenvalue weighted by atomic mass is 10.2. The van der Waals surface area contributed by atoms with Crippen molar-refractivity contribution < 1.29 is 9.84 Å². The van der Waals surface area contributed by atoms with Crippen LogP contribution >= 0.6 is 23.2 Å². The van der Waals surface area contributed by atoms with Crippen molar-refractivity contribution in [2.24, 2.45) is 0 Å². The van der Waals surface area contributed by atoms with Gasteiger partial charge in [-0.05, 0) is 26.0 Å². The Morgan fingerprint density at radius 2 is 2.09 bits per heavy atom. The van der Waals surface area contributed by atoms with Gasteiger partial charge in [0.15, 0.2) is 0 Å². The lowest BCUT2D eigenvalue weighted by Crippen LogP contribution is -2.31. The zero-order chi connectivity index (χ0) is 16.3. The van der Waals surface area contributed by atoms with Crippen molar-refractivity contribution in [3.05, 3.63) is 56.2 Å². The van der Waals surface area contributed by atoms with Gasteiger partial charge in [-0.15, -0.1) is 0 Å². The molecular formula is C15H16Cl2N2O3. The molecule has 0 fully saturated rings. The standard InChI is InChI=1S/C15H16Cl2N2O3/c1-9-10(2)18-8-19(15(9)21)6-12(20)7-22-14-5-11(16)3-4-13(14)17/h3-5,8,12,20H,6-7H2,1-2H3. The minimum Gasteiger partial charge on any atom is -0.489 e. The van der Waals surface area contributed by atoms with Gasteiger partial charge in [-0.3, -0.25) is 9.36 Å². The summed E-state index contributed by atoms with van der Waals surface area (Å²) in [7, 11) is 0. The summed E-state index contributed by atoms with van der Waals surface area (Å²) in [5.74, 6) is 0.388. The van der Waals surface area contributed by atoms with E-state index >= 15 is 0 Å². The Hall–Kier alpha value is -1.56. The quantitative estimate of drug-likeness (QED) is 0.906. The molecule has 22 heavy (non-hydrogen) atoms. The average Bonchev–Trinajstić information content (AvgIpc) is 2.49. The summed E-state index contributed by atoms with van der Waals surface area (Å²) in [5, 5.41) is 10.9. The first-order chi connectivity index (χ1) is 10.4. The van der Waals surface area contributed by atoms with Crippen LogP contribution in [0.1, 0.15) is 11.3 Å². The lowest BCUT2D eigenvalue weighted by molar-refractivity contribution is 0.0913. The van der Waals surface area contributed by atoms with Crippen LogP contribution in [0.15, 0.2) is 29.3 Å². The Morgan fingerprint density at radius 3 is 2.82 bits per heavy atom. The predicted molar refractivity (Wildman–Crippen MR) is 85.9 cm³/mol. The number of nitrogens with zero attached hydrogens (tertiary/aromatic N) is 2. The lowest BCUT2D eigenvalue weighted by Gasteiger charge is -2.15. The fourth-order valence-electron chi connectivity index (χ4n) is 1.86. The topological polar surface area (TPSA) is 64.3 Å². The van der Waals surface area contributed by atoms with E-state index in [1.54, 1.807) is 32.0 Å². The molecule has 0 aliphatic heterocycles. The normalized spacial score (nSPS) is 12.2. The highest BCUT2D eigenvalue weighted by atomic mass is 35.5. The van der Waals surface area contributed by atoms with Crippen molar-refractivity contribution in [1.29, 1.82) is 0 Å². The van der Waals surface area contributed by atoms with Gasteiger partial charge in [-0.25, -0.2) is 4.98 Å². The molecule has 1 heterocycles. The van der Waals surface area contributed by atoms with Gasteiger partial charge in [-0.2, -0.15) is 0 Å². The molecule has 5 nitrogen and oxygen atoms in total. The maximum Gasteiger partial charge on any atom is 0.256 e. The number of benzene rings is 1. The molecule has 0 radical (unpaired) electrons. The van der Waals surface area contributed by atoms with Crippen LogP contribution < -0.4 is 10.3 Å². The molecule has 0 saturated carbocycles. The van der Waals surface area contributed by atoms with Gasteiger partial charge in [-0.1, -0.05) is 23.2 Å². The van der Waals surface area contributed by atoms with Gasteiger partial charge < -0.3 is 9.84 Å². The van der Waals surface area contributed by atoms with Crippen LogP contribution in [-0.2, 0) is 6.54 Å². The smallest absolute Gasteiger partial charge is 0.256 e. The summed E-state index contributed by atoms with van der Waals surface area (Å²) in [6.07, 6.45) is 0.539. The van der Waals surface area contributed by atoms with E-state index in [-0.39, 0.29) is 18.7 Å². The van der Waals surface area contributed by atoms with Crippen molar-refractivity contribution in [2.45, 2.75) is 26.5 Å². The third-order valence-corrected chi connectivity index (χ3v) is 3.79. The van der Waals surface area contributed by atoms with E-state index in [9.17, 15) is 9.90 Å². The second-order valence-electron chi connectivity index (χ2n) is 4.95. The molecule has 0 aliphatic carbocycles. The van der Waals surface area contributed by atoms with E-state index in [4.69, 9.17) is 27.9 Å². The minimum absolute atomic E-state index is 0.0145. The van der Waals surface area contributed by atoms with Gasteiger partial charge in [0, 0.05) is 22.3 Å². The van der Waals surface area contributed by atoms with E-state index < -0.39 is 6.10 Å². The Balaban J connectivity index is 2.02. The molecular weight excluding hydrogens is 327 g/mol. The van der Waals surface area contributed by atoms with E-state index in [0.717, 1.165) is 0 Å². The number of halogens is 2. The Labute approximate surface area is 138 Å². The molecule has 1 N–H and O–H groups in total. The molecule has 0 saturated heterocycles. The highest BCUT2D eigenvalue weighted by Crippen LogP contribution is 2.27. The largest absolute Gasteiger partial charge is 0.489 e. The molecule has 1 unspecified atom stereocenters. The summed E-state index contributed by atoms with van der Waals surface area (Å²) in [5.41, 5.74) is 1.07. The summed E-state index contributed by atoms with van der Waals surface area (Å²) < 4.78 is 6.80. The number of aryl methyl sites for hydroxylation is 1. The Bertz CT molecular complexity index is 731. The molecule has 118 valence electrons. The summed E-state index contributed by atoms with van der Waals surface area (Å²) in [4.78, 5) is 16.1. The van der Waals surface area contributed by atoms with E-state index in [2.05, 4.69) is 4.98 Å². The monoisotopic (exact) mass is 342 g/mol. The highest BCUT2D eigenvalue weighted by molar-refractivity contribution is 6.34. The SMILES string of the molecule is Cc1ncn(CC(O)COc2cc(Cl)ccc2Cl)c(=O)c1C. The summed E-state index contributed by atoms with van der Waals surface area (Å²) >= 11 is 11.8. The highest BCUT2D eigenvalue weighted by Gasteiger charge is 2.11. The van der Waals surface area contributed by atoms with Gasteiger partial charge >= 0.3 is 0 Å². The maximum absolute atomic E-state index is 12.0. The number of ether oxygens (including phenoxy) is 1. The first-order valence-corrected chi connectivity index (χ1v) is 7.42.